The van der Waals surface area contributed by atoms with Gasteiger partial charge in [-0.3, -0.25) is 4.79 Å². The largest absolute Gasteiger partial charge is 0.508 e. The molecular weight excluding hydrogens is 322 g/mol. The zero-order valence-electron chi connectivity index (χ0n) is 10.2. The zero-order chi connectivity index (χ0) is 14.3. The van der Waals surface area contributed by atoms with Crippen LogP contribution in [0.5, 0.6) is 11.5 Å². The van der Waals surface area contributed by atoms with E-state index in [0.717, 1.165) is 15.7 Å². The van der Waals surface area contributed by atoms with Gasteiger partial charge >= 0.3 is 0 Å². The van der Waals surface area contributed by atoms with Crippen LogP contribution in [0.2, 0.25) is 0 Å². The van der Waals surface area contributed by atoms with Gasteiger partial charge in [-0.15, -0.1) is 0 Å². The summed E-state index contributed by atoms with van der Waals surface area (Å²) in [5.41, 5.74) is 2.32. The molecule has 2 aromatic carbocycles. The SMILES string of the molecule is O=C1Nc2ccc(Br)cc2/C1=C\c1cc(O)ccc1O. The number of phenols is 2. The standard InChI is InChI=1S/C15H10BrNO3/c16-9-1-3-13-11(7-9)12(15(20)17-13)6-8-5-10(18)2-4-14(8)19/h1-7,18-19H,(H,17,20)/b12-6+. The van der Waals surface area contributed by atoms with Crippen molar-refractivity contribution in [1.82, 2.24) is 0 Å². The van der Waals surface area contributed by atoms with Crippen molar-refractivity contribution in [3.05, 3.63) is 52.0 Å². The van der Waals surface area contributed by atoms with Gasteiger partial charge in [-0.25, -0.2) is 0 Å². The number of halogens is 1. The van der Waals surface area contributed by atoms with Crippen molar-refractivity contribution in [2.45, 2.75) is 0 Å². The summed E-state index contributed by atoms with van der Waals surface area (Å²) in [5.74, 6) is -0.199. The molecule has 0 spiro atoms. The first-order valence-corrected chi connectivity index (χ1v) is 6.69. The second-order valence-electron chi connectivity index (χ2n) is 4.45. The lowest BCUT2D eigenvalue weighted by Crippen LogP contribution is -2.03. The number of amides is 1. The Bertz CT molecular complexity index is 753. The molecule has 1 aliphatic rings. The number of fused-ring (bicyclic) bond motifs is 1. The van der Waals surface area contributed by atoms with Crippen LogP contribution in [0, 0.1) is 0 Å². The van der Waals surface area contributed by atoms with Crippen molar-refractivity contribution in [2.75, 3.05) is 5.32 Å². The highest BCUT2D eigenvalue weighted by Crippen LogP contribution is 2.36. The molecule has 0 bridgehead atoms. The van der Waals surface area contributed by atoms with Gasteiger partial charge in [0.2, 0.25) is 0 Å². The van der Waals surface area contributed by atoms with Gasteiger partial charge in [0.15, 0.2) is 0 Å². The molecule has 4 nitrogen and oxygen atoms in total. The summed E-state index contributed by atoms with van der Waals surface area (Å²) < 4.78 is 0.860. The summed E-state index contributed by atoms with van der Waals surface area (Å²) in [7, 11) is 0. The fourth-order valence-electron chi connectivity index (χ4n) is 2.12. The first-order valence-electron chi connectivity index (χ1n) is 5.89. The molecule has 0 saturated carbocycles. The first-order chi connectivity index (χ1) is 9.54. The molecule has 5 heteroatoms. The van der Waals surface area contributed by atoms with Crippen LogP contribution in [-0.4, -0.2) is 16.1 Å². The molecule has 0 aromatic heterocycles. The van der Waals surface area contributed by atoms with E-state index in [9.17, 15) is 15.0 Å². The van der Waals surface area contributed by atoms with Crippen molar-refractivity contribution in [3.63, 3.8) is 0 Å². The summed E-state index contributed by atoms with van der Waals surface area (Å²) in [6.07, 6.45) is 1.56. The second kappa shape index (κ2) is 4.68. The van der Waals surface area contributed by atoms with Crippen LogP contribution in [0.3, 0.4) is 0 Å². The fraction of sp³-hybridized carbons (Fsp3) is 0. The predicted octanol–water partition coefficient (Wildman–Crippen LogP) is 3.35. The number of benzene rings is 2. The Balaban J connectivity index is 2.15. The van der Waals surface area contributed by atoms with E-state index in [-0.39, 0.29) is 17.4 Å². The van der Waals surface area contributed by atoms with Gasteiger partial charge in [-0.1, -0.05) is 15.9 Å². The van der Waals surface area contributed by atoms with Crippen LogP contribution in [0.4, 0.5) is 5.69 Å². The summed E-state index contributed by atoms with van der Waals surface area (Å²) in [6.45, 7) is 0. The van der Waals surface area contributed by atoms with E-state index in [1.54, 1.807) is 12.1 Å². The molecule has 1 heterocycles. The summed E-state index contributed by atoms with van der Waals surface area (Å²) in [4.78, 5) is 12.0. The summed E-state index contributed by atoms with van der Waals surface area (Å²) in [6, 6.07) is 9.66. The number of nitrogens with one attached hydrogen (secondary N) is 1. The van der Waals surface area contributed by atoms with Crippen LogP contribution in [-0.2, 0) is 4.79 Å². The Hall–Kier alpha value is -2.27. The van der Waals surface area contributed by atoms with Gasteiger partial charge < -0.3 is 15.5 Å². The van der Waals surface area contributed by atoms with Gasteiger partial charge in [0.25, 0.3) is 5.91 Å². The maximum absolute atomic E-state index is 12.0. The molecule has 20 heavy (non-hydrogen) atoms. The third-order valence-electron chi connectivity index (χ3n) is 3.08. The Morgan fingerprint density at radius 3 is 2.70 bits per heavy atom. The molecule has 1 amide bonds. The number of aromatic hydroxyl groups is 2. The third-order valence-corrected chi connectivity index (χ3v) is 3.57. The van der Waals surface area contributed by atoms with Crippen LogP contribution in [0.25, 0.3) is 11.6 Å². The zero-order valence-corrected chi connectivity index (χ0v) is 11.8. The van der Waals surface area contributed by atoms with Crippen molar-refractivity contribution in [2.24, 2.45) is 0 Å². The highest BCUT2D eigenvalue weighted by atomic mass is 79.9. The second-order valence-corrected chi connectivity index (χ2v) is 5.36. The number of carbonyl (C=O) groups excluding carboxylic acids is 1. The Morgan fingerprint density at radius 1 is 1.10 bits per heavy atom. The lowest BCUT2D eigenvalue weighted by molar-refractivity contribution is -0.110. The molecular formula is C15H10BrNO3. The normalized spacial score (nSPS) is 15.2. The number of hydrogen-bond acceptors (Lipinski definition) is 3. The van der Waals surface area contributed by atoms with Gasteiger partial charge in [0.05, 0.1) is 0 Å². The number of hydrogen-bond donors (Lipinski definition) is 3. The minimum Gasteiger partial charge on any atom is -0.508 e. The maximum Gasteiger partial charge on any atom is 0.256 e. The Morgan fingerprint density at radius 2 is 1.90 bits per heavy atom. The number of carbonyl (C=O) groups is 1. The van der Waals surface area contributed by atoms with Crippen LogP contribution in [0.1, 0.15) is 11.1 Å². The smallest absolute Gasteiger partial charge is 0.256 e. The molecule has 0 fully saturated rings. The van der Waals surface area contributed by atoms with E-state index in [1.807, 2.05) is 12.1 Å². The van der Waals surface area contributed by atoms with Crippen molar-refractivity contribution >= 4 is 39.2 Å². The lowest BCUT2D eigenvalue weighted by atomic mass is 10.0. The molecule has 0 atom stereocenters. The third kappa shape index (κ3) is 2.16. The number of phenolic OH excluding ortho intramolecular Hbond substituents is 2. The molecule has 0 radical (unpaired) electrons. The highest BCUT2D eigenvalue weighted by Gasteiger charge is 2.24. The number of rotatable bonds is 1. The Labute approximate surface area is 123 Å². The van der Waals surface area contributed by atoms with Crippen LogP contribution in [0.15, 0.2) is 40.9 Å². The fourth-order valence-corrected chi connectivity index (χ4v) is 2.48. The molecule has 2 aromatic rings. The quantitative estimate of drug-likeness (QED) is 0.554. The topological polar surface area (TPSA) is 69.6 Å². The summed E-state index contributed by atoms with van der Waals surface area (Å²) in [5, 5.41) is 22.0. The van der Waals surface area contributed by atoms with Crippen molar-refractivity contribution in [3.8, 4) is 11.5 Å². The first kappa shape index (κ1) is 12.7. The van der Waals surface area contributed by atoms with E-state index < -0.39 is 0 Å². The number of anilines is 1. The summed E-state index contributed by atoms with van der Waals surface area (Å²) >= 11 is 3.37. The maximum atomic E-state index is 12.0. The van der Waals surface area contributed by atoms with Gasteiger partial charge in [0, 0.05) is 26.9 Å². The molecule has 0 aliphatic carbocycles. The van der Waals surface area contributed by atoms with Gasteiger partial charge in [0.1, 0.15) is 11.5 Å². The average Bonchev–Trinajstić information content (AvgIpc) is 2.70. The minimum atomic E-state index is -0.235. The monoisotopic (exact) mass is 331 g/mol. The van der Waals surface area contributed by atoms with Gasteiger partial charge in [-0.05, 0) is 42.5 Å². The molecule has 100 valence electrons. The van der Waals surface area contributed by atoms with E-state index in [2.05, 4.69) is 21.2 Å². The van der Waals surface area contributed by atoms with E-state index in [0.29, 0.717) is 11.1 Å². The van der Waals surface area contributed by atoms with E-state index in [1.165, 1.54) is 18.2 Å². The van der Waals surface area contributed by atoms with Crippen molar-refractivity contribution < 1.29 is 15.0 Å². The lowest BCUT2D eigenvalue weighted by Gasteiger charge is -2.02. The minimum absolute atomic E-state index is 0.00606. The molecule has 3 rings (SSSR count). The molecule has 3 N–H and O–H groups in total. The predicted molar refractivity (Wildman–Crippen MR) is 80.4 cm³/mol. The molecule has 0 saturated heterocycles. The molecule has 0 unspecified atom stereocenters. The Kier molecular flexibility index (Phi) is 2.99. The van der Waals surface area contributed by atoms with E-state index in [4.69, 9.17) is 0 Å². The van der Waals surface area contributed by atoms with Crippen molar-refractivity contribution in [1.29, 1.82) is 0 Å². The van der Waals surface area contributed by atoms with Gasteiger partial charge in [-0.2, -0.15) is 0 Å². The average molecular weight is 332 g/mol. The van der Waals surface area contributed by atoms with E-state index >= 15 is 0 Å². The highest BCUT2D eigenvalue weighted by molar-refractivity contribution is 9.10. The van der Waals surface area contributed by atoms with Crippen LogP contribution >= 0.6 is 15.9 Å². The molecule has 1 aliphatic heterocycles. The van der Waals surface area contributed by atoms with Crippen LogP contribution < -0.4 is 5.32 Å².